The summed E-state index contributed by atoms with van der Waals surface area (Å²) in [6.07, 6.45) is 1.68. The van der Waals surface area contributed by atoms with Crippen LogP contribution in [0.4, 0.5) is 10.2 Å². The Morgan fingerprint density at radius 3 is 2.49 bits per heavy atom. The van der Waals surface area contributed by atoms with Crippen LogP contribution in [0, 0.1) is 5.82 Å². The van der Waals surface area contributed by atoms with Gasteiger partial charge in [0.1, 0.15) is 22.3 Å². The summed E-state index contributed by atoms with van der Waals surface area (Å²) < 4.78 is 14.2. The molecule has 0 atom stereocenters. The van der Waals surface area contributed by atoms with Gasteiger partial charge in [0, 0.05) is 50.6 Å². The van der Waals surface area contributed by atoms with Crippen molar-refractivity contribution in [2.75, 3.05) is 44.2 Å². The number of rotatable bonds is 5. The second-order valence-corrected chi connectivity index (χ2v) is 10.8. The second kappa shape index (κ2) is 10.2. The summed E-state index contributed by atoms with van der Waals surface area (Å²) in [4.78, 5) is 32.1. The van der Waals surface area contributed by atoms with E-state index < -0.39 is 5.82 Å². The van der Waals surface area contributed by atoms with Gasteiger partial charge < -0.3 is 9.80 Å². The van der Waals surface area contributed by atoms with Crippen LogP contribution in [-0.4, -0.2) is 64.9 Å². The van der Waals surface area contributed by atoms with Crippen LogP contribution in [0.5, 0.6) is 0 Å². The second-order valence-electron chi connectivity index (χ2n) is 9.69. The van der Waals surface area contributed by atoms with Gasteiger partial charge in [-0.15, -0.1) is 11.3 Å². The first kappa shape index (κ1) is 24.0. The van der Waals surface area contributed by atoms with Crippen LogP contribution in [0.15, 0.2) is 54.6 Å². The Morgan fingerprint density at radius 1 is 0.973 bits per heavy atom. The Morgan fingerprint density at radius 2 is 1.73 bits per heavy atom. The maximum atomic E-state index is 14.2. The van der Waals surface area contributed by atoms with Crippen LogP contribution in [0.3, 0.4) is 0 Å². The van der Waals surface area contributed by atoms with Crippen molar-refractivity contribution in [2.45, 2.75) is 26.3 Å². The lowest BCUT2D eigenvalue weighted by atomic mass is 10.0. The molecule has 6 nitrogen and oxygen atoms in total. The fourth-order valence-electron chi connectivity index (χ4n) is 5.35. The highest BCUT2D eigenvalue weighted by molar-refractivity contribution is 7.19. The standard InChI is InChI=1S/C29H30FN5OS/c1-2-33-13-12-22-24(19-33)37-28-26(22)27(31-25(32-28)18-20-8-4-3-5-9-20)34-14-16-35(17-15-34)29(36)21-10-6-7-11-23(21)30/h3-11H,2,12-19H2,1H3. The molecular formula is C29H30FN5OS. The molecule has 1 fully saturated rings. The van der Waals surface area contributed by atoms with E-state index in [-0.39, 0.29) is 11.5 Å². The summed E-state index contributed by atoms with van der Waals surface area (Å²) in [5, 5.41) is 1.18. The average molecular weight is 516 g/mol. The zero-order valence-corrected chi connectivity index (χ0v) is 21.8. The van der Waals surface area contributed by atoms with Crippen LogP contribution in [0.1, 0.15) is 39.1 Å². The fourth-order valence-corrected chi connectivity index (χ4v) is 6.63. The van der Waals surface area contributed by atoms with E-state index in [0.29, 0.717) is 32.6 Å². The maximum absolute atomic E-state index is 14.2. The van der Waals surface area contributed by atoms with E-state index in [1.807, 2.05) is 18.2 Å². The molecule has 2 aromatic heterocycles. The molecule has 0 unspecified atom stereocenters. The highest BCUT2D eigenvalue weighted by Crippen LogP contribution is 2.39. The number of carbonyl (C=O) groups is 1. The summed E-state index contributed by atoms with van der Waals surface area (Å²) in [5.74, 6) is 1.09. The van der Waals surface area contributed by atoms with E-state index in [9.17, 15) is 9.18 Å². The number of fused-ring (bicyclic) bond motifs is 3. The lowest BCUT2D eigenvalue weighted by Crippen LogP contribution is -2.49. The van der Waals surface area contributed by atoms with E-state index in [1.54, 1.807) is 34.4 Å². The van der Waals surface area contributed by atoms with E-state index >= 15 is 0 Å². The van der Waals surface area contributed by atoms with E-state index in [0.717, 1.165) is 42.5 Å². The minimum atomic E-state index is -0.469. The van der Waals surface area contributed by atoms with Crippen LogP contribution < -0.4 is 4.90 Å². The van der Waals surface area contributed by atoms with Crippen molar-refractivity contribution < 1.29 is 9.18 Å². The highest BCUT2D eigenvalue weighted by atomic mass is 32.1. The molecule has 37 heavy (non-hydrogen) atoms. The van der Waals surface area contributed by atoms with Gasteiger partial charge in [-0.25, -0.2) is 14.4 Å². The number of thiophene rings is 1. The Labute approximate surface area is 220 Å². The summed E-state index contributed by atoms with van der Waals surface area (Å²) in [7, 11) is 0. The predicted molar refractivity (Wildman–Crippen MR) is 146 cm³/mol. The number of benzene rings is 2. The van der Waals surface area contributed by atoms with Crippen molar-refractivity contribution in [1.82, 2.24) is 19.8 Å². The normalized spacial score (nSPS) is 16.3. The molecular weight excluding hydrogens is 485 g/mol. The maximum Gasteiger partial charge on any atom is 0.256 e. The van der Waals surface area contributed by atoms with Crippen LogP contribution in [-0.2, 0) is 19.4 Å². The van der Waals surface area contributed by atoms with Crippen LogP contribution in [0.2, 0.25) is 0 Å². The van der Waals surface area contributed by atoms with Gasteiger partial charge in [0.15, 0.2) is 0 Å². The number of amides is 1. The molecule has 2 aromatic carbocycles. The van der Waals surface area contributed by atoms with Gasteiger partial charge in [0.05, 0.1) is 10.9 Å². The molecule has 1 amide bonds. The zero-order chi connectivity index (χ0) is 25.4. The highest BCUT2D eigenvalue weighted by Gasteiger charge is 2.29. The Hall–Kier alpha value is -3.36. The van der Waals surface area contributed by atoms with Crippen LogP contribution >= 0.6 is 11.3 Å². The van der Waals surface area contributed by atoms with Crippen LogP contribution in [0.25, 0.3) is 10.2 Å². The van der Waals surface area contributed by atoms with Gasteiger partial charge in [-0.05, 0) is 36.2 Å². The molecule has 4 aromatic rings. The molecule has 0 spiro atoms. The monoisotopic (exact) mass is 515 g/mol. The number of carbonyl (C=O) groups excluding carboxylic acids is 1. The number of anilines is 1. The van der Waals surface area contributed by atoms with Gasteiger partial charge in [0.2, 0.25) is 0 Å². The summed E-state index contributed by atoms with van der Waals surface area (Å²) in [6.45, 7) is 7.64. The minimum absolute atomic E-state index is 0.137. The Bertz CT molecular complexity index is 1430. The van der Waals surface area contributed by atoms with E-state index in [1.165, 1.54) is 27.5 Å². The van der Waals surface area contributed by atoms with E-state index in [4.69, 9.17) is 9.97 Å². The predicted octanol–water partition coefficient (Wildman–Crippen LogP) is 4.76. The number of aromatic nitrogens is 2. The summed E-state index contributed by atoms with van der Waals surface area (Å²) in [6, 6.07) is 16.6. The Kier molecular flexibility index (Phi) is 6.61. The van der Waals surface area contributed by atoms with Crippen molar-refractivity contribution in [3.05, 3.63) is 87.8 Å². The number of piperazine rings is 1. The largest absolute Gasteiger partial charge is 0.352 e. The lowest BCUT2D eigenvalue weighted by Gasteiger charge is -2.36. The smallest absolute Gasteiger partial charge is 0.256 e. The molecule has 0 radical (unpaired) electrons. The first-order valence-electron chi connectivity index (χ1n) is 13.0. The quantitative estimate of drug-likeness (QED) is 0.384. The molecule has 2 aliphatic rings. The third kappa shape index (κ3) is 4.71. The number of nitrogens with zero attached hydrogens (tertiary/aromatic N) is 5. The fraction of sp³-hybridized carbons (Fsp3) is 0.345. The third-order valence-electron chi connectivity index (χ3n) is 7.43. The molecule has 0 bridgehead atoms. The first-order chi connectivity index (χ1) is 18.1. The number of hydrogen-bond acceptors (Lipinski definition) is 6. The molecule has 190 valence electrons. The zero-order valence-electron chi connectivity index (χ0n) is 21.0. The molecule has 0 saturated carbocycles. The summed E-state index contributed by atoms with van der Waals surface area (Å²) in [5.41, 5.74) is 2.71. The molecule has 0 N–H and O–H groups in total. The molecule has 4 heterocycles. The van der Waals surface area contributed by atoms with Gasteiger partial charge in [-0.1, -0.05) is 49.4 Å². The Balaban J connectivity index is 1.32. The first-order valence-corrected chi connectivity index (χ1v) is 13.8. The molecule has 8 heteroatoms. The van der Waals surface area contributed by atoms with Crippen molar-refractivity contribution >= 4 is 33.3 Å². The molecule has 1 saturated heterocycles. The van der Waals surface area contributed by atoms with E-state index in [2.05, 4.69) is 28.9 Å². The van der Waals surface area contributed by atoms with Gasteiger partial charge in [0.25, 0.3) is 5.91 Å². The van der Waals surface area contributed by atoms with Gasteiger partial charge >= 0.3 is 0 Å². The third-order valence-corrected chi connectivity index (χ3v) is 8.54. The SMILES string of the molecule is CCN1CCc2c(sc3nc(Cc4ccccc4)nc(N4CCN(C(=O)c5ccccc5F)CC4)c23)C1. The summed E-state index contributed by atoms with van der Waals surface area (Å²) >= 11 is 1.80. The van der Waals surface area contributed by atoms with Crippen molar-refractivity contribution in [3.8, 4) is 0 Å². The number of hydrogen-bond donors (Lipinski definition) is 0. The van der Waals surface area contributed by atoms with Gasteiger partial charge in [-0.2, -0.15) is 0 Å². The van der Waals surface area contributed by atoms with Gasteiger partial charge in [-0.3, -0.25) is 9.69 Å². The lowest BCUT2D eigenvalue weighted by molar-refractivity contribution is 0.0742. The minimum Gasteiger partial charge on any atom is -0.352 e. The molecule has 6 rings (SSSR count). The topological polar surface area (TPSA) is 52.6 Å². The molecule has 2 aliphatic heterocycles. The van der Waals surface area contributed by atoms with Crippen molar-refractivity contribution in [1.29, 1.82) is 0 Å². The average Bonchev–Trinajstić information content (AvgIpc) is 3.30. The number of likely N-dealkylation sites (N-methyl/N-ethyl adjacent to an activating group) is 1. The molecule has 0 aliphatic carbocycles. The van der Waals surface area contributed by atoms with Crippen molar-refractivity contribution in [3.63, 3.8) is 0 Å². The van der Waals surface area contributed by atoms with Crippen molar-refractivity contribution in [2.24, 2.45) is 0 Å². The number of halogens is 1.